The summed E-state index contributed by atoms with van der Waals surface area (Å²) < 4.78 is 18.6. The van der Waals surface area contributed by atoms with Crippen LogP contribution >= 0.6 is 34.5 Å². The van der Waals surface area contributed by atoms with Gasteiger partial charge in [-0.2, -0.15) is 0 Å². The van der Waals surface area contributed by atoms with Gasteiger partial charge < -0.3 is 9.64 Å². The van der Waals surface area contributed by atoms with Gasteiger partial charge in [-0.25, -0.2) is 4.39 Å². The number of carbonyl (C=O) groups excluding carboxylic acids is 1. The van der Waals surface area contributed by atoms with E-state index in [1.54, 1.807) is 12.1 Å². The van der Waals surface area contributed by atoms with Crippen LogP contribution in [0.15, 0.2) is 53.9 Å². The number of carbonyl (C=O) groups is 1. The van der Waals surface area contributed by atoms with Crippen LogP contribution in [-0.2, 0) is 13.2 Å². The molecular formula is C23H21Cl2FN2O2S. The average Bonchev–Trinajstić information content (AvgIpc) is 3.25. The normalized spacial score (nSPS) is 14.6. The number of benzene rings is 2. The number of hydrogen-bond donors (Lipinski definition) is 0. The van der Waals surface area contributed by atoms with Crippen LogP contribution in [0.2, 0.25) is 10.0 Å². The lowest BCUT2D eigenvalue weighted by Crippen LogP contribution is -2.48. The first-order valence-corrected chi connectivity index (χ1v) is 11.5. The molecule has 4 rings (SSSR count). The molecule has 1 amide bonds. The van der Waals surface area contributed by atoms with Crippen LogP contribution in [0.3, 0.4) is 0 Å². The SMILES string of the molecule is O=C(c1cc(COc2ccc(F)cc2)cs1)N1CCN(Cc2c(Cl)cccc2Cl)CC1. The molecule has 0 radical (unpaired) electrons. The molecule has 2 aromatic carbocycles. The molecule has 0 saturated carbocycles. The highest BCUT2D eigenvalue weighted by atomic mass is 35.5. The van der Waals surface area contributed by atoms with E-state index in [1.807, 2.05) is 34.5 Å². The van der Waals surface area contributed by atoms with Gasteiger partial charge in [0.15, 0.2) is 0 Å². The second-order valence-corrected chi connectivity index (χ2v) is 9.06. The summed E-state index contributed by atoms with van der Waals surface area (Å²) in [5.41, 5.74) is 1.85. The van der Waals surface area contributed by atoms with Crippen molar-refractivity contribution >= 4 is 40.4 Å². The summed E-state index contributed by atoms with van der Waals surface area (Å²) in [5.74, 6) is 0.328. The maximum atomic E-state index is 13.0. The maximum absolute atomic E-state index is 13.0. The van der Waals surface area contributed by atoms with E-state index in [0.29, 0.717) is 46.9 Å². The fourth-order valence-electron chi connectivity index (χ4n) is 3.43. The average molecular weight is 479 g/mol. The third-order valence-corrected chi connectivity index (χ3v) is 6.86. The Kier molecular flexibility index (Phi) is 7.13. The zero-order valence-electron chi connectivity index (χ0n) is 16.7. The molecule has 1 aliphatic rings. The van der Waals surface area contributed by atoms with E-state index >= 15 is 0 Å². The lowest BCUT2D eigenvalue weighted by molar-refractivity contribution is 0.0633. The molecule has 0 bridgehead atoms. The van der Waals surface area contributed by atoms with Gasteiger partial charge in [0.1, 0.15) is 18.2 Å². The monoisotopic (exact) mass is 478 g/mol. The Hall–Kier alpha value is -2.12. The fourth-order valence-corrected chi connectivity index (χ4v) is 4.81. The van der Waals surface area contributed by atoms with Crippen LogP contribution in [-0.4, -0.2) is 41.9 Å². The molecule has 1 aromatic heterocycles. The Morgan fingerprint density at radius 3 is 2.39 bits per heavy atom. The molecule has 2 heterocycles. The Balaban J connectivity index is 1.29. The number of halogens is 3. The van der Waals surface area contributed by atoms with Crippen LogP contribution in [0.25, 0.3) is 0 Å². The first kappa shape index (κ1) is 22.1. The van der Waals surface area contributed by atoms with Crippen LogP contribution in [0, 0.1) is 5.82 Å². The topological polar surface area (TPSA) is 32.8 Å². The van der Waals surface area contributed by atoms with E-state index in [4.69, 9.17) is 27.9 Å². The Bertz CT molecular complexity index is 1030. The van der Waals surface area contributed by atoms with Gasteiger partial charge in [-0.3, -0.25) is 9.69 Å². The van der Waals surface area contributed by atoms with Crippen molar-refractivity contribution in [2.75, 3.05) is 26.2 Å². The molecule has 162 valence electrons. The van der Waals surface area contributed by atoms with Crippen LogP contribution in [0.1, 0.15) is 20.8 Å². The maximum Gasteiger partial charge on any atom is 0.264 e. The molecule has 1 saturated heterocycles. The molecule has 1 aliphatic heterocycles. The van der Waals surface area contributed by atoms with Crippen molar-refractivity contribution in [2.24, 2.45) is 0 Å². The van der Waals surface area contributed by atoms with Gasteiger partial charge in [-0.15, -0.1) is 11.3 Å². The molecule has 0 atom stereocenters. The highest BCUT2D eigenvalue weighted by Crippen LogP contribution is 2.26. The van der Waals surface area contributed by atoms with Crippen molar-refractivity contribution < 1.29 is 13.9 Å². The van der Waals surface area contributed by atoms with Gasteiger partial charge in [-0.05, 0) is 47.8 Å². The van der Waals surface area contributed by atoms with Crippen molar-refractivity contribution in [1.29, 1.82) is 0 Å². The summed E-state index contributed by atoms with van der Waals surface area (Å²) >= 11 is 14.0. The van der Waals surface area contributed by atoms with Crippen LogP contribution < -0.4 is 4.74 Å². The fraction of sp³-hybridized carbons (Fsp3) is 0.261. The predicted octanol–water partition coefficient (Wildman–Crippen LogP) is 5.73. The number of piperazine rings is 1. The second-order valence-electron chi connectivity index (χ2n) is 7.33. The Morgan fingerprint density at radius 1 is 1.03 bits per heavy atom. The van der Waals surface area contributed by atoms with Crippen molar-refractivity contribution in [3.63, 3.8) is 0 Å². The molecule has 0 aliphatic carbocycles. The minimum absolute atomic E-state index is 0.0356. The molecule has 0 N–H and O–H groups in total. The van der Waals surface area contributed by atoms with Crippen molar-refractivity contribution in [2.45, 2.75) is 13.2 Å². The van der Waals surface area contributed by atoms with Gasteiger partial charge in [0.2, 0.25) is 0 Å². The molecule has 31 heavy (non-hydrogen) atoms. The third-order valence-electron chi connectivity index (χ3n) is 5.19. The zero-order valence-corrected chi connectivity index (χ0v) is 19.0. The molecule has 1 fully saturated rings. The lowest BCUT2D eigenvalue weighted by Gasteiger charge is -2.34. The molecule has 3 aromatic rings. The minimum atomic E-state index is -0.300. The standard InChI is InChI=1S/C23H21Cl2FN2O2S/c24-20-2-1-3-21(25)19(20)13-27-8-10-28(11-9-27)23(29)22-12-16(15-31-22)14-30-18-6-4-17(26)5-7-18/h1-7,12,15H,8-11,13-14H2. The third kappa shape index (κ3) is 5.57. The largest absolute Gasteiger partial charge is 0.489 e. The van der Waals surface area contributed by atoms with Crippen molar-refractivity contribution in [1.82, 2.24) is 9.80 Å². The molecular weight excluding hydrogens is 458 g/mol. The molecule has 8 heteroatoms. The summed E-state index contributed by atoms with van der Waals surface area (Å²) in [6, 6.07) is 13.3. The van der Waals surface area contributed by atoms with Crippen LogP contribution in [0.5, 0.6) is 5.75 Å². The summed E-state index contributed by atoms with van der Waals surface area (Å²) in [6.45, 7) is 3.84. The van der Waals surface area contributed by atoms with Crippen molar-refractivity contribution in [3.8, 4) is 5.75 Å². The van der Waals surface area contributed by atoms with Gasteiger partial charge in [0.05, 0.1) is 4.88 Å². The Morgan fingerprint density at radius 2 is 1.71 bits per heavy atom. The van der Waals surface area contributed by atoms with E-state index in [0.717, 1.165) is 24.2 Å². The van der Waals surface area contributed by atoms with E-state index in [-0.39, 0.29) is 11.7 Å². The zero-order chi connectivity index (χ0) is 21.8. The number of ether oxygens (including phenoxy) is 1. The highest BCUT2D eigenvalue weighted by Gasteiger charge is 2.24. The van der Waals surface area contributed by atoms with Crippen molar-refractivity contribution in [3.05, 3.63) is 85.8 Å². The van der Waals surface area contributed by atoms with Gasteiger partial charge in [0, 0.05) is 53.9 Å². The highest BCUT2D eigenvalue weighted by molar-refractivity contribution is 7.12. The summed E-state index contributed by atoms with van der Waals surface area (Å²) in [7, 11) is 0. The number of nitrogens with zero attached hydrogens (tertiary/aromatic N) is 2. The first-order chi connectivity index (χ1) is 15.0. The molecule has 4 nitrogen and oxygen atoms in total. The van der Waals surface area contributed by atoms with Gasteiger partial charge >= 0.3 is 0 Å². The number of rotatable bonds is 6. The van der Waals surface area contributed by atoms with Crippen LogP contribution in [0.4, 0.5) is 4.39 Å². The first-order valence-electron chi connectivity index (χ1n) is 9.90. The second kappa shape index (κ2) is 10.0. The number of amides is 1. The number of thiophene rings is 1. The minimum Gasteiger partial charge on any atom is -0.489 e. The van der Waals surface area contributed by atoms with E-state index < -0.39 is 0 Å². The summed E-state index contributed by atoms with van der Waals surface area (Å²) in [5, 5.41) is 3.26. The summed E-state index contributed by atoms with van der Waals surface area (Å²) in [4.78, 5) is 17.7. The summed E-state index contributed by atoms with van der Waals surface area (Å²) in [6.07, 6.45) is 0. The predicted molar refractivity (Wildman–Crippen MR) is 123 cm³/mol. The Labute approximate surface area is 194 Å². The lowest BCUT2D eigenvalue weighted by atomic mass is 10.2. The van der Waals surface area contributed by atoms with Gasteiger partial charge in [0.25, 0.3) is 5.91 Å². The number of hydrogen-bond acceptors (Lipinski definition) is 4. The molecule has 0 spiro atoms. The van der Waals surface area contributed by atoms with E-state index in [2.05, 4.69) is 4.90 Å². The van der Waals surface area contributed by atoms with E-state index in [1.165, 1.54) is 23.5 Å². The van der Waals surface area contributed by atoms with Gasteiger partial charge in [-0.1, -0.05) is 29.3 Å². The molecule has 0 unspecified atom stereocenters. The quantitative estimate of drug-likeness (QED) is 0.453. The smallest absolute Gasteiger partial charge is 0.264 e. The van der Waals surface area contributed by atoms with E-state index in [9.17, 15) is 9.18 Å².